The van der Waals surface area contributed by atoms with Gasteiger partial charge in [-0.15, -0.1) is 0 Å². The maximum Gasteiger partial charge on any atom is 0.123 e. The van der Waals surface area contributed by atoms with Crippen molar-refractivity contribution in [1.82, 2.24) is 5.32 Å². The van der Waals surface area contributed by atoms with E-state index in [1.165, 1.54) is 0 Å². The first-order valence-electron chi connectivity index (χ1n) is 6.47. The molecule has 19 heavy (non-hydrogen) atoms. The Bertz CT molecular complexity index is 464. The summed E-state index contributed by atoms with van der Waals surface area (Å²) in [7, 11) is 2.51. The number of ether oxygens (including phenoxy) is 2. The lowest BCUT2D eigenvalue weighted by molar-refractivity contribution is 0.387. The van der Waals surface area contributed by atoms with E-state index in [0.29, 0.717) is 11.8 Å². The van der Waals surface area contributed by atoms with E-state index in [0.717, 1.165) is 29.2 Å². The number of hydrogen-bond acceptors (Lipinski definition) is 4. The van der Waals surface area contributed by atoms with E-state index in [9.17, 15) is 4.21 Å². The van der Waals surface area contributed by atoms with Crippen LogP contribution in [0.1, 0.15) is 24.9 Å². The van der Waals surface area contributed by atoms with Crippen LogP contribution in [0.25, 0.3) is 0 Å². The third kappa shape index (κ3) is 3.48. The van der Waals surface area contributed by atoms with Crippen molar-refractivity contribution in [3.8, 4) is 11.5 Å². The first kappa shape index (κ1) is 14.3. The van der Waals surface area contributed by atoms with Crippen molar-refractivity contribution in [2.24, 2.45) is 0 Å². The van der Waals surface area contributed by atoms with Gasteiger partial charge in [0.25, 0.3) is 0 Å². The predicted molar refractivity (Wildman–Crippen MR) is 77.4 cm³/mol. The van der Waals surface area contributed by atoms with Gasteiger partial charge in [-0.05, 0) is 31.5 Å². The molecule has 1 heterocycles. The lowest BCUT2D eigenvalue weighted by Gasteiger charge is -2.22. The molecule has 4 nitrogen and oxygen atoms in total. The zero-order valence-corrected chi connectivity index (χ0v) is 12.5. The summed E-state index contributed by atoms with van der Waals surface area (Å²) < 4.78 is 22.7. The Kier molecular flexibility index (Phi) is 4.82. The molecule has 106 valence electrons. The summed E-state index contributed by atoms with van der Waals surface area (Å²) in [6.07, 6.45) is 0.940. The minimum atomic E-state index is -0.787. The largest absolute Gasteiger partial charge is 0.497 e. The van der Waals surface area contributed by atoms with Gasteiger partial charge >= 0.3 is 0 Å². The minimum absolute atomic E-state index is 0.0448. The molecule has 0 saturated carbocycles. The van der Waals surface area contributed by atoms with Gasteiger partial charge in [0, 0.05) is 40.0 Å². The van der Waals surface area contributed by atoms with E-state index in [2.05, 4.69) is 12.2 Å². The second-order valence-corrected chi connectivity index (χ2v) is 6.45. The van der Waals surface area contributed by atoms with Crippen LogP contribution in [-0.4, -0.2) is 36.0 Å². The van der Waals surface area contributed by atoms with Crippen molar-refractivity contribution in [3.05, 3.63) is 23.8 Å². The van der Waals surface area contributed by atoms with E-state index >= 15 is 0 Å². The van der Waals surface area contributed by atoms with Gasteiger partial charge in [0.05, 0.1) is 14.2 Å². The van der Waals surface area contributed by atoms with Crippen LogP contribution in [0, 0.1) is 0 Å². The molecule has 0 aliphatic carbocycles. The molecular formula is C14H21NO3S. The molecule has 1 aliphatic heterocycles. The highest BCUT2D eigenvalue weighted by atomic mass is 32.2. The molecule has 3 atom stereocenters. The van der Waals surface area contributed by atoms with Crippen molar-refractivity contribution < 1.29 is 13.7 Å². The Hall–Kier alpha value is -1.07. The van der Waals surface area contributed by atoms with Crippen LogP contribution in [0.5, 0.6) is 11.5 Å². The molecular weight excluding hydrogens is 262 g/mol. The lowest BCUT2D eigenvalue weighted by Crippen LogP contribution is -2.30. The summed E-state index contributed by atoms with van der Waals surface area (Å²) in [4.78, 5) is 0. The van der Waals surface area contributed by atoms with Gasteiger partial charge in [-0.25, -0.2) is 0 Å². The monoisotopic (exact) mass is 283 g/mol. The SMILES string of the molecule is COc1ccc(OC)c(C2CS(=O)CCC(C)N2)c1. The fourth-order valence-corrected chi connectivity index (χ4v) is 3.77. The van der Waals surface area contributed by atoms with Crippen LogP contribution in [0.2, 0.25) is 0 Å². The quantitative estimate of drug-likeness (QED) is 0.920. The van der Waals surface area contributed by atoms with Crippen LogP contribution in [-0.2, 0) is 10.8 Å². The summed E-state index contributed by atoms with van der Waals surface area (Å²) >= 11 is 0. The average molecular weight is 283 g/mol. The van der Waals surface area contributed by atoms with E-state index in [1.807, 2.05) is 18.2 Å². The maximum atomic E-state index is 12.0. The number of benzene rings is 1. The van der Waals surface area contributed by atoms with Crippen LogP contribution < -0.4 is 14.8 Å². The first-order valence-corrected chi connectivity index (χ1v) is 7.95. The van der Waals surface area contributed by atoms with Gasteiger partial charge in [-0.2, -0.15) is 0 Å². The highest BCUT2D eigenvalue weighted by Gasteiger charge is 2.24. The zero-order chi connectivity index (χ0) is 13.8. The van der Waals surface area contributed by atoms with Crippen molar-refractivity contribution >= 4 is 10.8 Å². The minimum Gasteiger partial charge on any atom is -0.497 e. The van der Waals surface area contributed by atoms with Crippen molar-refractivity contribution in [2.45, 2.75) is 25.4 Å². The molecule has 3 unspecified atom stereocenters. The second-order valence-electron chi connectivity index (χ2n) is 4.83. The van der Waals surface area contributed by atoms with E-state index in [1.54, 1.807) is 14.2 Å². The highest BCUT2D eigenvalue weighted by molar-refractivity contribution is 7.85. The van der Waals surface area contributed by atoms with Gasteiger partial charge in [0.1, 0.15) is 11.5 Å². The van der Waals surface area contributed by atoms with E-state index < -0.39 is 10.8 Å². The van der Waals surface area contributed by atoms with Crippen LogP contribution in [0.15, 0.2) is 18.2 Å². The predicted octanol–water partition coefficient (Wildman–Crippen LogP) is 1.88. The Balaban J connectivity index is 2.34. The summed E-state index contributed by atoms with van der Waals surface area (Å²) in [5.41, 5.74) is 1.02. The molecule has 0 amide bonds. The Morgan fingerprint density at radius 1 is 1.32 bits per heavy atom. The molecule has 1 aromatic carbocycles. The summed E-state index contributed by atoms with van der Waals surface area (Å²) in [6, 6.07) is 6.13. The van der Waals surface area contributed by atoms with Gasteiger partial charge in [0.15, 0.2) is 0 Å². The standard InChI is InChI=1S/C14H21NO3S/c1-10-6-7-19(16)9-13(15-10)12-8-11(17-2)4-5-14(12)18-3/h4-5,8,10,13,15H,6-7,9H2,1-3H3. The van der Waals surface area contributed by atoms with Gasteiger partial charge in [-0.3, -0.25) is 4.21 Å². The normalized spacial score (nSPS) is 27.6. The van der Waals surface area contributed by atoms with Crippen molar-refractivity contribution in [1.29, 1.82) is 0 Å². The van der Waals surface area contributed by atoms with Crippen LogP contribution in [0.4, 0.5) is 0 Å². The fraction of sp³-hybridized carbons (Fsp3) is 0.571. The zero-order valence-electron chi connectivity index (χ0n) is 11.6. The molecule has 0 aromatic heterocycles. The van der Waals surface area contributed by atoms with Crippen LogP contribution >= 0.6 is 0 Å². The summed E-state index contributed by atoms with van der Waals surface area (Å²) in [5.74, 6) is 2.98. The molecule has 1 N–H and O–H groups in total. The van der Waals surface area contributed by atoms with Crippen molar-refractivity contribution in [2.75, 3.05) is 25.7 Å². The fourth-order valence-electron chi connectivity index (χ4n) is 2.34. The molecule has 0 spiro atoms. The summed E-state index contributed by atoms with van der Waals surface area (Å²) in [6.45, 7) is 2.13. The molecule has 1 aliphatic rings. The number of rotatable bonds is 3. The third-order valence-electron chi connectivity index (χ3n) is 3.43. The molecule has 2 rings (SSSR count). The van der Waals surface area contributed by atoms with Crippen molar-refractivity contribution in [3.63, 3.8) is 0 Å². The van der Waals surface area contributed by atoms with E-state index in [4.69, 9.17) is 9.47 Å². The Labute approximate surface area is 116 Å². The Morgan fingerprint density at radius 2 is 2.11 bits per heavy atom. The topological polar surface area (TPSA) is 47.6 Å². The molecule has 1 aromatic rings. The highest BCUT2D eigenvalue weighted by Crippen LogP contribution is 2.31. The Morgan fingerprint density at radius 3 is 2.79 bits per heavy atom. The third-order valence-corrected chi connectivity index (χ3v) is 4.83. The number of hydrogen-bond donors (Lipinski definition) is 1. The number of nitrogens with one attached hydrogen (secondary N) is 1. The lowest BCUT2D eigenvalue weighted by atomic mass is 10.1. The van der Waals surface area contributed by atoms with Gasteiger partial charge in [0.2, 0.25) is 0 Å². The molecule has 1 fully saturated rings. The summed E-state index contributed by atoms with van der Waals surface area (Å²) in [5, 5.41) is 3.52. The van der Waals surface area contributed by atoms with Gasteiger partial charge in [-0.1, -0.05) is 0 Å². The first-order chi connectivity index (χ1) is 9.13. The van der Waals surface area contributed by atoms with Gasteiger partial charge < -0.3 is 14.8 Å². The second kappa shape index (κ2) is 6.39. The van der Waals surface area contributed by atoms with Crippen LogP contribution in [0.3, 0.4) is 0 Å². The smallest absolute Gasteiger partial charge is 0.123 e. The molecule has 0 bridgehead atoms. The number of methoxy groups -OCH3 is 2. The molecule has 5 heteroatoms. The molecule has 0 radical (unpaired) electrons. The molecule has 1 saturated heterocycles. The van der Waals surface area contributed by atoms with E-state index in [-0.39, 0.29) is 6.04 Å². The maximum absolute atomic E-state index is 12.0. The average Bonchev–Trinajstić information content (AvgIpc) is 2.59.